The van der Waals surface area contributed by atoms with Gasteiger partial charge in [0.15, 0.2) is 0 Å². The second-order valence-corrected chi connectivity index (χ2v) is 4.16. The third-order valence-electron chi connectivity index (χ3n) is 2.55. The van der Waals surface area contributed by atoms with Crippen molar-refractivity contribution in [1.82, 2.24) is 0 Å². The highest BCUT2D eigenvalue weighted by molar-refractivity contribution is 5.91. The molecule has 0 fully saturated rings. The van der Waals surface area contributed by atoms with E-state index in [2.05, 4.69) is 0 Å². The highest BCUT2D eigenvalue weighted by Gasteiger charge is 2.05. The minimum Gasteiger partial charge on any atom is -0.506 e. The molecule has 0 unspecified atom stereocenters. The SMILES string of the molecule is Cl.Cl.Nc1cc(N)c(O)cc1O.O=C(O)c1ccc(C(=O)O)cc1. The average Bonchev–Trinajstić information content (AvgIpc) is 2.46. The number of carboxylic acids is 2. The Morgan fingerprint density at radius 1 is 0.708 bits per heavy atom. The van der Waals surface area contributed by atoms with Gasteiger partial charge >= 0.3 is 11.9 Å². The number of phenols is 2. The molecular formula is C14H16Cl2N2O6. The normalized spacial score (nSPS) is 8.67. The van der Waals surface area contributed by atoms with E-state index in [4.69, 9.17) is 31.9 Å². The zero-order chi connectivity index (χ0) is 16.9. The van der Waals surface area contributed by atoms with Crippen LogP contribution in [-0.4, -0.2) is 32.4 Å². The van der Waals surface area contributed by atoms with Crippen LogP contribution in [0.2, 0.25) is 0 Å². The van der Waals surface area contributed by atoms with E-state index >= 15 is 0 Å². The van der Waals surface area contributed by atoms with Gasteiger partial charge in [0.05, 0.1) is 22.5 Å². The number of hydrogen-bond donors (Lipinski definition) is 6. The monoisotopic (exact) mass is 378 g/mol. The van der Waals surface area contributed by atoms with E-state index in [9.17, 15) is 9.59 Å². The number of halogens is 2. The lowest BCUT2D eigenvalue weighted by Gasteiger charge is -2.01. The molecule has 0 bridgehead atoms. The van der Waals surface area contributed by atoms with Crippen molar-refractivity contribution in [2.45, 2.75) is 0 Å². The Morgan fingerprint density at radius 3 is 1.21 bits per heavy atom. The van der Waals surface area contributed by atoms with E-state index in [0.29, 0.717) is 0 Å². The van der Waals surface area contributed by atoms with Crippen LogP contribution in [0.3, 0.4) is 0 Å². The number of carbonyl (C=O) groups is 2. The summed E-state index contributed by atoms with van der Waals surface area (Å²) in [5, 5.41) is 34.7. The van der Waals surface area contributed by atoms with Gasteiger partial charge in [-0.25, -0.2) is 9.59 Å². The molecule has 24 heavy (non-hydrogen) atoms. The Labute approximate surface area is 149 Å². The van der Waals surface area contributed by atoms with E-state index < -0.39 is 11.9 Å². The minimum absolute atomic E-state index is 0. The molecule has 0 aromatic heterocycles. The van der Waals surface area contributed by atoms with Crippen molar-refractivity contribution in [3.63, 3.8) is 0 Å². The molecule has 8 N–H and O–H groups in total. The van der Waals surface area contributed by atoms with Crippen molar-refractivity contribution in [3.8, 4) is 11.5 Å². The fourth-order valence-electron chi connectivity index (χ4n) is 1.37. The molecule has 8 nitrogen and oxygen atoms in total. The van der Waals surface area contributed by atoms with Gasteiger partial charge in [0.1, 0.15) is 11.5 Å². The first kappa shape index (κ1) is 23.4. The van der Waals surface area contributed by atoms with Gasteiger partial charge in [0.2, 0.25) is 0 Å². The quantitative estimate of drug-likeness (QED) is 0.262. The zero-order valence-corrected chi connectivity index (χ0v) is 13.7. The third-order valence-corrected chi connectivity index (χ3v) is 2.55. The highest BCUT2D eigenvalue weighted by Crippen LogP contribution is 2.30. The van der Waals surface area contributed by atoms with Crippen LogP contribution in [0.5, 0.6) is 11.5 Å². The lowest BCUT2D eigenvalue weighted by atomic mass is 10.1. The van der Waals surface area contributed by atoms with Gasteiger partial charge in [0.25, 0.3) is 0 Å². The Hall–Kier alpha value is -2.84. The van der Waals surface area contributed by atoms with E-state index in [0.717, 1.165) is 6.07 Å². The number of nitrogen functional groups attached to an aromatic ring is 2. The van der Waals surface area contributed by atoms with Crippen molar-refractivity contribution in [1.29, 1.82) is 0 Å². The first-order valence-electron chi connectivity index (χ1n) is 5.86. The van der Waals surface area contributed by atoms with Gasteiger partial charge in [-0.15, -0.1) is 24.8 Å². The van der Waals surface area contributed by atoms with Gasteiger partial charge < -0.3 is 31.9 Å². The number of phenolic OH excluding ortho intramolecular Hbond substituents is 2. The van der Waals surface area contributed by atoms with Gasteiger partial charge in [-0.05, 0) is 30.3 Å². The summed E-state index contributed by atoms with van der Waals surface area (Å²) in [5.74, 6) is -2.45. The first-order valence-corrected chi connectivity index (χ1v) is 5.86. The second-order valence-electron chi connectivity index (χ2n) is 4.16. The number of nitrogens with two attached hydrogens (primary N) is 2. The van der Waals surface area contributed by atoms with Crippen LogP contribution in [0.1, 0.15) is 20.7 Å². The van der Waals surface area contributed by atoms with Crippen LogP contribution in [0, 0.1) is 0 Å². The van der Waals surface area contributed by atoms with Crippen LogP contribution in [0.25, 0.3) is 0 Å². The summed E-state index contributed by atoms with van der Waals surface area (Å²) in [4.78, 5) is 20.7. The molecule has 0 radical (unpaired) electrons. The molecule has 0 spiro atoms. The van der Waals surface area contributed by atoms with Crippen LogP contribution in [-0.2, 0) is 0 Å². The Morgan fingerprint density at radius 2 is 1.00 bits per heavy atom. The van der Waals surface area contributed by atoms with Gasteiger partial charge in [-0.1, -0.05) is 0 Å². The molecule has 0 saturated heterocycles. The van der Waals surface area contributed by atoms with Crippen LogP contribution < -0.4 is 11.5 Å². The van der Waals surface area contributed by atoms with Crippen molar-refractivity contribution >= 4 is 48.1 Å². The number of carboxylic acid groups (broad SMARTS) is 2. The molecule has 0 heterocycles. The molecular weight excluding hydrogens is 363 g/mol. The topological polar surface area (TPSA) is 167 Å². The summed E-state index contributed by atoms with van der Waals surface area (Å²) in [5.41, 5.74) is 11.0. The summed E-state index contributed by atoms with van der Waals surface area (Å²) in [7, 11) is 0. The smallest absolute Gasteiger partial charge is 0.335 e. The fourth-order valence-corrected chi connectivity index (χ4v) is 1.37. The number of hydrogen-bond acceptors (Lipinski definition) is 6. The number of aromatic carboxylic acids is 2. The molecule has 0 aliphatic heterocycles. The first-order chi connectivity index (χ1) is 10.2. The maximum atomic E-state index is 10.3. The predicted molar refractivity (Wildman–Crippen MR) is 93.5 cm³/mol. The number of rotatable bonds is 2. The molecule has 0 amide bonds. The Bertz CT molecular complexity index is 624. The lowest BCUT2D eigenvalue weighted by Crippen LogP contribution is -1.99. The Kier molecular flexibility index (Phi) is 9.79. The molecule has 10 heteroatoms. The van der Waals surface area contributed by atoms with Gasteiger partial charge in [-0.2, -0.15) is 0 Å². The van der Waals surface area contributed by atoms with Crippen molar-refractivity contribution < 1.29 is 30.0 Å². The maximum Gasteiger partial charge on any atom is 0.335 e. The second kappa shape index (κ2) is 10.0. The molecule has 0 aliphatic rings. The van der Waals surface area contributed by atoms with Crippen molar-refractivity contribution in [2.24, 2.45) is 0 Å². The van der Waals surface area contributed by atoms with Crippen LogP contribution in [0.4, 0.5) is 11.4 Å². The number of anilines is 2. The average molecular weight is 379 g/mol. The predicted octanol–water partition coefficient (Wildman–Crippen LogP) is 2.19. The third kappa shape index (κ3) is 6.51. The van der Waals surface area contributed by atoms with Crippen LogP contribution >= 0.6 is 24.8 Å². The highest BCUT2D eigenvalue weighted by atomic mass is 35.5. The number of aromatic hydroxyl groups is 2. The molecule has 0 aliphatic carbocycles. The largest absolute Gasteiger partial charge is 0.506 e. The number of benzene rings is 2. The molecule has 2 rings (SSSR count). The minimum atomic E-state index is -1.06. The van der Waals surface area contributed by atoms with Crippen molar-refractivity contribution in [2.75, 3.05) is 11.5 Å². The molecule has 2 aromatic rings. The summed E-state index contributed by atoms with van der Waals surface area (Å²) >= 11 is 0. The fraction of sp³-hybridized carbons (Fsp3) is 0. The van der Waals surface area contributed by atoms with Gasteiger partial charge in [-0.3, -0.25) is 0 Å². The van der Waals surface area contributed by atoms with Crippen molar-refractivity contribution in [3.05, 3.63) is 47.5 Å². The van der Waals surface area contributed by atoms with E-state index in [1.807, 2.05) is 0 Å². The molecule has 132 valence electrons. The van der Waals surface area contributed by atoms with E-state index in [1.165, 1.54) is 30.3 Å². The Balaban J connectivity index is 0. The van der Waals surface area contributed by atoms with Crippen LogP contribution in [0.15, 0.2) is 36.4 Å². The molecule has 2 aromatic carbocycles. The van der Waals surface area contributed by atoms with E-state index in [1.54, 1.807) is 0 Å². The summed E-state index contributed by atoms with van der Waals surface area (Å²) in [6.45, 7) is 0. The standard InChI is InChI=1S/C8H6O4.C6H8N2O2.2ClH/c9-7(10)5-1-2-6(4-3-5)8(11)12;7-3-1-4(8)6(10)2-5(3)9;;/h1-4H,(H,9,10)(H,11,12);1-2,9-10H,7-8H2;2*1H. The molecule has 0 saturated carbocycles. The lowest BCUT2D eigenvalue weighted by molar-refractivity contribution is 0.0681. The summed E-state index contributed by atoms with van der Waals surface area (Å²) < 4.78 is 0. The zero-order valence-electron chi connectivity index (χ0n) is 12.0. The van der Waals surface area contributed by atoms with E-state index in [-0.39, 0.29) is 58.8 Å². The maximum absolute atomic E-state index is 10.3. The molecule has 0 atom stereocenters. The van der Waals surface area contributed by atoms with Gasteiger partial charge in [0, 0.05) is 6.07 Å². The summed E-state index contributed by atoms with van der Waals surface area (Å²) in [6, 6.07) is 7.42. The summed E-state index contributed by atoms with van der Waals surface area (Å²) in [6.07, 6.45) is 0.